The second-order valence-corrected chi connectivity index (χ2v) is 8.72. The number of carbonyl (C=O) groups is 2. The van der Waals surface area contributed by atoms with E-state index in [4.69, 9.17) is 20.5 Å². The standard InChI is InChI=1S/C14H14.C7H8O3S.C4H7NO4/c1-3-7-13(8-4-1)11-12-14-9-5-2-6-10-14;1-6-2-4-7(5-3-6)11(8,9)10;5-2(4(8)9)1-3(6)7/h1-10H,11-12H2;2-5H,1H3,(H,8,9,10);2H,1,5H2,(H,6,7)(H,8,9)/t;;2-/m..0/s1. The van der Waals surface area contributed by atoms with Crippen LogP contribution in [-0.4, -0.2) is 41.2 Å². The molecule has 0 aliphatic rings. The largest absolute Gasteiger partial charge is 0.481 e. The third-order valence-corrected chi connectivity index (χ3v) is 5.29. The molecule has 3 rings (SSSR count). The molecule has 34 heavy (non-hydrogen) atoms. The molecule has 0 spiro atoms. The Morgan fingerprint density at radius 1 is 0.794 bits per heavy atom. The number of aliphatic carboxylic acids is 2. The van der Waals surface area contributed by atoms with Gasteiger partial charge in [0.15, 0.2) is 0 Å². The van der Waals surface area contributed by atoms with Crippen LogP contribution in [0.15, 0.2) is 89.8 Å². The van der Waals surface area contributed by atoms with Crippen molar-refractivity contribution in [2.45, 2.75) is 37.1 Å². The molecule has 0 aliphatic carbocycles. The van der Waals surface area contributed by atoms with Gasteiger partial charge in [-0.2, -0.15) is 8.42 Å². The van der Waals surface area contributed by atoms with Crippen LogP contribution in [0.3, 0.4) is 0 Å². The van der Waals surface area contributed by atoms with Crippen molar-refractivity contribution in [1.82, 2.24) is 0 Å². The van der Waals surface area contributed by atoms with E-state index in [1.54, 1.807) is 12.1 Å². The maximum Gasteiger partial charge on any atom is 0.321 e. The van der Waals surface area contributed by atoms with Gasteiger partial charge in [0, 0.05) is 0 Å². The van der Waals surface area contributed by atoms with E-state index in [-0.39, 0.29) is 4.90 Å². The topological polar surface area (TPSA) is 155 Å². The normalized spacial score (nSPS) is 11.1. The molecule has 0 aromatic heterocycles. The lowest BCUT2D eigenvalue weighted by atomic mass is 10.0. The quantitative estimate of drug-likeness (QED) is 0.369. The molecule has 1 atom stereocenters. The second kappa shape index (κ2) is 14.6. The lowest BCUT2D eigenvalue weighted by molar-refractivity contribution is -0.144. The molecule has 0 radical (unpaired) electrons. The monoisotopic (exact) mass is 487 g/mol. The van der Waals surface area contributed by atoms with Gasteiger partial charge >= 0.3 is 11.9 Å². The van der Waals surface area contributed by atoms with Crippen LogP contribution in [0.25, 0.3) is 0 Å². The van der Waals surface area contributed by atoms with Crippen LogP contribution >= 0.6 is 0 Å². The zero-order chi connectivity index (χ0) is 25.6. The zero-order valence-electron chi connectivity index (χ0n) is 18.7. The smallest absolute Gasteiger partial charge is 0.321 e. The van der Waals surface area contributed by atoms with E-state index in [1.165, 1.54) is 23.3 Å². The van der Waals surface area contributed by atoms with E-state index in [0.29, 0.717) is 0 Å². The van der Waals surface area contributed by atoms with Gasteiger partial charge in [0.05, 0.1) is 11.3 Å². The summed E-state index contributed by atoms with van der Waals surface area (Å²) in [4.78, 5) is 19.6. The van der Waals surface area contributed by atoms with Crippen LogP contribution in [0.5, 0.6) is 0 Å². The summed E-state index contributed by atoms with van der Waals surface area (Å²) in [5.74, 6) is -2.50. The number of rotatable bonds is 7. The fourth-order valence-corrected chi connectivity index (χ4v) is 3.04. The minimum absolute atomic E-state index is 0.0666. The first kappa shape index (κ1) is 28.5. The fourth-order valence-electron chi connectivity index (χ4n) is 2.56. The predicted octanol–water partition coefficient (Wildman–Crippen LogP) is 3.59. The van der Waals surface area contributed by atoms with E-state index in [1.807, 2.05) is 6.92 Å². The summed E-state index contributed by atoms with van der Waals surface area (Å²) in [6.45, 7) is 1.84. The van der Waals surface area contributed by atoms with Crippen molar-refractivity contribution in [3.63, 3.8) is 0 Å². The third-order valence-electron chi connectivity index (χ3n) is 4.42. The summed E-state index contributed by atoms with van der Waals surface area (Å²) in [5.41, 5.74) is 8.62. The predicted molar refractivity (Wildman–Crippen MR) is 129 cm³/mol. The van der Waals surface area contributed by atoms with Crippen molar-refractivity contribution in [1.29, 1.82) is 0 Å². The first-order valence-electron chi connectivity index (χ1n) is 10.3. The maximum atomic E-state index is 10.5. The SMILES string of the molecule is Cc1ccc(S(=O)(=O)O)cc1.N[C@@H](CC(=O)O)C(=O)O.c1ccc(CCc2ccccc2)cc1. The molecule has 0 saturated carbocycles. The van der Waals surface area contributed by atoms with Crippen molar-refractivity contribution in [3.8, 4) is 0 Å². The van der Waals surface area contributed by atoms with Gasteiger partial charge in [-0.1, -0.05) is 78.4 Å². The van der Waals surface area contributed by atoms with Crippen molar-refractivity contribution >= 4 is 22.1 Å². The molecular weight excluding hydrogens is 458 g/mol. The highest BCUT2D eigenvalue weighted by Crippen LogP contribution is 2.08. The van der Waals surface area contributed by atoms with Crippen molar-refractivity contribution in [3.05, 3.63) is 102 Å². The molecular formula is C25H29NO7S. The number of nitrogens with two attached hydrogens (primary N) is 1. The molecule has 0 amide bonds. The van der Waals surface area contributed by atoms with E-state index < -0.39 is 34.5 Å². The first-order valence-corrected chi connectivity index (χ1v) is 11.7. The molecule has 0 fully saturated rings. The maximum absolute atomic E-state index is 10.5. The zero-order valence-corrected chi connectivity index (χ0v) is 19.6. The van der Waals surface area contributed by atoms with E-state index >= 15 is 0 Å². The molecule has 9 heteroatoms. The van der Waals surface area contributed by atoms with Crippen LogP contribution in [-0.2, 0) is 32.5 Å². The number of aryl methyl sites for hydroxylation is 3. The molecule has 0 unspecified atom stereocenters. The Labute approximate surface area is 199 Å². The number of carboxylic acids is 2. The minimum atomic E-state index is -4.02. The number of hydrogen-bond donors (Lipinski definition) is 4. The van der Waals surface area contributed by atoms with Gasteiger partial charge in [-0.3, -0.25) is 14.1 Å². The Bertz CT molecular complexity index is 1080. The van der Waals surface area contributed by atoms with E-state index in [2.05, 4.69) is 60.7 Å². The highest BCUT2D eigenvalue weighted by molar-refractivity contribution is 7.85. The Balaban J connectivity index is 0.000000263. The number of benzene rings is 3. The van der Waals surface area contributed by atoms with E-state index in [0.717, 1.165) is 18.4 Å². The summed E-state index contributed by atoms with van der Waals surface area (Å²) in [6, 6.07) is 25.9. The van der Waals surface area contributed by atoms with Crippen molar-refractivity contribution < 1.29 is 32.8 Å². The van der Waals surface area contributed by atoms with Gasteiger partial charge < -0.3 is 15.9 Å². The van der Waals surface area contributed by atoms with E-state index in [9.17, 15) is 18.0 Å². The summed E-state index contributed by atoms with van der Waals surface area (Å²) in [6.07, 6.45) is 1.73. The lowest BCUT2D eigenvalue weighted by Crippen LogP contribution is -2.32. The van der Waals surface area contributed by atoms with Crippen LogP contribution < -0.4 is 5.73 Å². The average Bonchev–Trinajstić information content (AvgIpc) is 2.79. The molecule has 0 aliphatic heterocycles. The molecule has 182 valence electrons. The molecule has 3 aromatic rings. The first-order chi connectivity index (χ1) is 16.0. The highest BCUT2D eigenvalue weighted by atomic mass is 32.2. The van der Waals surface area contributed by atoms with Gasteiger partial charge in [-0.15, -0.1) is 0 Å². The molecule has 0 saturated heterocycles. The van der Waals surface area contributed by atoms with Crippen molar-refractivity contribution in [2.24, 2.45) is 5.73 Å². The molecule has 3 aromatic carbocycles. The van der Waals surface area contributed by atoms with Gasteiger partial charge in [-0.05, 0) is 43.0 Å². The van der Waals surface area contributed by atoms with Crippen LogP contribution in [0.2, 0.25) is 0 Å². The van der Waals surface area contributed by atoms with Gasteiger partial charge in [0.1, 0.15) is 6.04 Å². The number of hydrogen-bond acceptors (Lipinski definition) is 5. The Morgan fingerprint density at radius 2 is 1.21 bits per heavy atom. The van der Waals surface area contributed by atoms with Gasteiger partial charge in [0.2, 0.25) is 0 Å². The third kappa shape index (κ3) is 12.5. The number of carboxylic acid groups (broad SMARTS) is 2. The molecule has 0 bridgehead atoms. The molecule has 8 nitrogen and oxygen atoms in total. The van der Waals surface area contributed by atoms with Gasteiger partial charge in [-0.25, -0.2) is 0 Å². The average molecular weight is 488 g/mol. The fraction of sp³-hybridized carbons (Fsp3) is 0.200. The summed E-state index contributed by atoms with van der Waals surface area (Å²) < 4.78 is 29.6. The summed E-state index contributed by atoms with van der Waals surface area (Å²) in [7, 11) is -4.02. The minimum Gasteiger partial charge on any atom is -0.481 e. The highest BCUT2D eigenvalue weighted by Gasteiger charge is 2.14. The summed E-state index contributed by atoms with van der Waals surface area (Å²) >= 11 is 0. The molecule has 0 heterocycles. The Kier molecular flexibility index (Phi) is 12.2. The molecule has 5 N–H and O–H groups in total. The second-order valence-electron chi connectivity index (χ2n) is 7.30. The Hall–Kier alpha value is -3.53. The summed E-state index contributed by atoms with van der Waals surface area (Å²) in [5, 5.41) is 16.0. The van der Waals surface area contributed by atoms with Crippen LogP contribution in [0.1, 0.15) is 23.1 Å². The van der Waals surface area contributed by atoms with Crippen molar-refractivity contribution in [2.75, 3.05) is 0 Å². The lowest BCUT2D eigenvalue weighted by Gasteiger charge is -2.01. The van der Waals surface area contributed by atoms with Crippen LogP contribution in [0, 0.1) is 6.92 Å². The Morgan fingerprint density at radius 3 is 1.50 bits per heavy atom. The van der Waals surface area contributed by atoms with Crippen LogP contribution in [0.4, 0.5) is 0 Å². The van der Waals surface area contributed by atoms with Gasteiger partial charge in [0.25, 0.3) is 10.1 Å².